The SMILES string of the molecule is Cc1cc(C)c(P(C[Si](C)(C)C)(=N[Si](C)(C)C)OCC(F)(F)F)c(C)c1. The van der Waals surface area contributed by atoms with Gasteiger partial charge in [-0.1, -0.05) is 37.3 Å². The van der Waals surface area contributed by atoms with Gasteiger partial charge in [0, 0.05) is 11.1 Å². The van der Waals surface area contributed by atoms with Crippen LogP contribution in [0.25, 0.3) is 0 Å². The van der Waals surface area contributed by atoms with E-state index in [1.807, 2.05) is 32.9 Å². The van der Waals surface area contributed by atoms with Crippen molar-refractivity contribution in [3.63, 3.8) is 0 Å². The molecule has 0 fully saturated rings. The van der Waals surface area contributed by atoms with Gasteiger partial charge < -0.3 is 8.93 Å². The Labute approximate surface area is 158 Å². The van der Waals surface area contributed by atoms with Crippen LogP contribution in [-0.4, -0.2) is 34.9 Å². The summed E-state index contributed by atoms with van der Waals surface area (Å²) in [5.41, 5.74) is 3.11. The van der Waals surface area contributed by atoms with E-state index in [-0.39, 0.29) is 0 Å². The highest BCUT2D eigenvalue weighted by atomic mass is 31.2. The number of benzene rings is 1. The van der Waals surface area contributed by atoms with E-state index in [9.17, 15) is 13.2 Å². The van der Waals surface area contributed by atoms with Gasteiger partial charge in [-0.2, -0.15) is 13.2 Å². The predicted molar refractivity (Wildman–Crippen MR) is 113 cm³/mol. The van der Waals surface area contributed by atoms with Gasteiger partial charge >= 0.3 is 6.18 Å². The molecular weight excluding hydrogens is 390 g/mol. The second kappa shape index (κ2) is 7.94. The molecule has 1 unspecified atom stereocenters. The predicted octanol–water partition coefficient (Wildman–Crippen LogP) is 6.64. The molecule has 8 heteroatoms. The van der Waals surface area contributed by atoms with Crippen LogP contribution in [0.1, 0.15) is 16.7 Å². The molecule has 0 bridgehead atoms. The maximum Gasteiger partial charge on any atom is 0.412 e. The summed E-state index contributed by atoms with van der Waals surface area (Å²) in [5, 5.41) is 0.928. The van der Waals surface area contributed by atoms with E-state index < -0.39 is 36.4 Å². The van der Waals surface area contributed by atoms with Crippen molar-refractivity contribution in [3.8, 4) is 0 Å². The van der Waals surface area contributed by atoms with Crippen LogP contribution in [0.3, 0.4) is 0 Å². The van der Waals surface area contributed by atoms with Crippen LogP contribution in [0.5, 0.6) is 0 Å². The van der Waals surface area contributed by atoms with Crippen LogP contribution < -0.4 is 5.30 Å². The molecule has 1 aromatic rings. The zero-order valence-electron chi connectivity index (χ0n) is 17.5. The fourth-order valence-electron chi connectivity index (χ4n) is 3.33. The number of hydrogen-bond donors (Lipinski definition) is 0. The zero-order valence-corrected chi connectivity index (χ0v) is 20.4. The van der Waals surface area contributed by atoms with Gasteiger partial charge in [0.05, 0.1) is 8.07 Å². The molecule has 0 aliphatic carbocycles. The van der Waals surface area contributed by atoms with Crippen molar-refractivity contribution in [2.75, 3.05) is 12.4 Å². The number of aryl methyl sites for hydroxylation is 3. The summed E-state index contributed by atoms with van der Waals surface area (Å²) in [4.78, 5) is 0. The average molecular weight is 424 g/mol. The molecule has 0 saturated heterocycles. The first-order valence-electron chi connectivity index (χ1n) is 8.86. The smallest absolute Gasteiger partial charge is 0.332 e. The first kappa shape index (κ1) is 23.7. The van der Waals surface area contributed by atoms with E-state index >= 15 is 0 Å². The van der Waals surface area contributed by atoms with E-state index in [1.54, 1.807) is 0 Å². The molecule has 0 aromatic heterocycles. The molecule has 0 heterocycles. The Hall–Kier alpha value is -0.366. The van der Waals surface area contributed by atoms with Crippen LogP contribution in [0.2, 0.25) is 39.3 Å². The lowest BCUT2D eigenvalue weighted by Gasteiger charge is -2.35. The number of nitrogens with zero attached hydrogens (tertiary/aromatic N) is 1. The molecule has 1 atom stereocenters. The molecule has 150 valence electrons. The van der Waals surface area contributed by atoms with Crippen molar-refractivity contribution in [2.24, 2.45) is 4.41 Å². The van der Waals surface area contributed by atoms with Gasteiger partial charge in [-0.05, 0) is 51.5 Å². The van der Waals surface area contributed by atoms with Crippen molar-refractivity contribution in [3.05, 3.63) is 28.8 Å². The molecule has 0 N–H and O–H groups in total. The minimum absolute atomic E-state index is 0.644. The van der Waals surface area contributed by atoms with Crippen molar-refractivity contribution in [1.82, 2.24) is 0 Å². The van der Waals surface area contributed by atoms with Crippen LogP contribution in [-0.2, 0) is 4.52 Å². The summed E-state index contributed by atoms with van der Waals surface area (Å²) < 4.78 is 50.3. The summed E-state index contributed by atoms with van der Waals surface area (Å²) in [6, 6.07) is 4.08. The van der Waals surface area contributed by atoms with Gasteiger partial charge in [0.1, 0.15) is 13.9 Å². The lowest BCUT2D eigenvalue weighted by atomic mass is 10.1. The highest BCUT2D eigenvalue weighted by Crippen LogP contribution is 2.55. The molecule has 0 aliphatic heterocycles. The van der Waals surface area contributed by atoms with E-state index in [4.69, 9.17) is 8.93 Å². The second-order valence-electron chi connectivity index (χ2n) is 9.33. The monoisotopic (exact) mass is 423 g/mol. The highest BCUT2D eigenvalue weighted by molar-refractivity contribution is 7.72. The maximum atomic E-state index is 13.1. The largest absolute Gasteiger partial charge is 0.412 e. The van der Waals surface area contributed by atoms with Gasteiger partial charge in [0.15, 0.2) is 8.24 Å². The Balaban J connectivity index is 3.81. The quantitative estimate of drug-likeness (QED) is 0.371. The van der Waals surface area contributed by atoms with E-state index in [0.717, 1.165) is 22.0 Å². The van der Waals surface area contributed by atoms with Gasteiger partial charge in [0.25, 0.3) is 0 Å². The maximum absolute atomic E-state index is 13.1. The first-order chi connectivity index (χ1) is 11.4. The Morgan fingerprint density at radius 2 is 1.42 bits per heavy atom. The van der Waals surface area contributed by atoms with Crippen molar-refractivity contribution in [1.29, 1.82) is 0 Å². The Kier molecular flexibility index (Phi) is 7.23. The van der Waals surface area contributed by atoms with Crippen molar-refractivity contribution < 1.29 is 17.7 Å². The fourth-order valence-corrected chi connectivity index (χ4v) is 16.6. The molecule has 0 spiro atoms. The molecule has 0 radical (unpaired) electrons. The third-order valence-electron chi connectivity index (χ3n) is 3.58. The molecule has 26 heavy (non-hydrogen) atoms. The van der Waals surface area contributed by atoms with Gasteiger partial charge in [-0.15, -0.1) is 0 Å². The van der Waals surface area contributed by atoms with Crippen LogP contribution >= 0.6 is 7.28 Å². The number of alkyl halides is 3. The average Bonchev–Trinajstić information content (AvgIpc) is 2.29. The third-order valence-corrected chi connectivity index (χ3v) is 14.7. The molecule has 0 saturated carbocycles. The lowest BCUT2D eigenvalue weighted by molar-refractivity contribution is -0.152. The zero-order chi connectivity index (χ0) is 20.6. The number of halogens is 3. The minimum atomic E-state index is -4.36. The fraction of sp³-hybridized carbons (Fsp3) is 0.667. The summed E-state index contributed by atoms with van der Waals surface area (Å²) in [7, 11) is -6.53. The topological polar surface area (TPSA) is 21.6 Å². The lowest BCUT2D eigenvalue weighted by Crippen LogP contribution is -2.34. The molecule has 1 rings (SSSR count). The van der Waals surface area contributed by atoms with E-state index in [0.29, 0.717) is 5.79 Å². The van der Waals surface area contributed by atoms with E-state index in [2.05, 4.69) is 39.3 Å². The summed E-state index contributed by atoms with van der Waals surface area (Å²) in [6.45, 7) is 17.5. The molecular formula is C18H33F3NOPSi2. The minimum Gasteiger partial charge on any atom is -0.332 e. The highest BCUT2D eigenvalue weighted by Gasteiger charge is 2.39. The normalized spacial score (nSPS) is 15.7. The summed E-state index contributed by atoms with van der Waals surface area (Å²) in [5.74, 6) is 0.644. The molecule has 2 nitrogen and oxygen atoms in total. The molecule has 0 amide bonds. The van der Waals surface area contributed by atoms with Crippen LogP contribution in [0.15, 0.2) is 16.5 Å². The van der Waals surface area contributed by atoms with Gasteiger partial charge in [-0.3, -0.25) is 0 Å². The van der Waals surface area contributed by atoms with Crippen molar-refractivity contribution >= 4 is 28.9 Å². The van der Waals surface area contributed by atoms with Gasteiger partial charge in [-0.25, -0.2) is 0 Å². The number of hydrogen-bond acceptors (Lipinski definition) is 2. The standard InChI is InChI=1S/C18H33F3NOPSi2/c1-14-10-15(2)17(16(3)11-14)24(13-25(4,5)6,22-26(7,8)9)23-12-18(19,20)21/h10-11H,12-13H2,1-9H3. The third kappa shape index (κ3) is 7.33. The molecule has 1 aromatic carbocycles. The number of rotatable bonds is 6. The Morgan fingerprint density at radius 1 is 0.962 bits per heavy atom. The van der Waals surface area contributed by atoms with E-state index in [1.165, 1.54) is 0 Å². The second-order valence-corrected chi connectivity index (χ2v) is 23.0. The molecule has 0 aliphatic rings. The van der Waals surface area contributed by atoms with Crippen LogP contribution in [0.4, 0.5) is 13.2 Å². The van der Waals surface area contributed by atoms with Gasteiger partial charge in [0.2, 0.25) is 0 Å². The van der Waals surface area contributed by atoms with Crippen molar-refractivity contribution in [2.45, 2.75) is 66.2 Å². The summed E-state index contributed by atoms with van der Waals surface area (Å²) >= 11 is 0. The first-order valence-corrected chi connectivity index (χ1v) is 17.9. The van der Waals surface area contributed by atoms with Crippen LogP contribution in [0, 0.1) is 20.8 Å². The Morgan fingerprint density at radius 3 is 1.77 bits per heavy atom. The Bertz CT molecular complexity index is 681. The summed E-state index contributed by atoms with van der Waals surface area (Å²) in [6.07, 6.45) is -4.36.